The second-order valence-corrected chi connectivity index (χ2v) is 3.82. The molecule has 84 valence electrons. The summed E-state index contributed by atoms with van der Waals surface area (Å²) in [6.07, 6.45) is 8.38. The van der Waals surface area contributed by atoms with Gasteiger partial charge in [0, 0.05) is 50.5 Å². The zero-order chi connectivity index (χ0) is 11.4. The Morgan fingerprint density at radius 2 is 2.25 bits per heavy atom. The van der Waals surface area contributed by atoms with E-state index in [1.165, 1.54) is 5.56 Å². The molecule has 0 aliphatic rings. The molecule has 4 heteroatoms. The number of imidazole rings is 1. The molecule has 0 atom stereocenters. The summed E-state index contributed by atoms with van der Waals surface area (Å²) in [7, 11) is 2.01. The van der Waals surface area contributed by atoms with E-state index in [0.717, 1.165) is 24.5 Å². The summed E-state index contributed by atoms with van der Waals surface area (Å²) in [4.78, 5) is 8.34. The van der Waals surface area contributed by atoms with Crippen LogP contribution >= 0.6 is 0 Å². The van der Waals surface area contributed by atoms with Gasteiger partial charge in [-0.2, -0.15) is 0 Å². The fraction of sp³-hybridized carbons (Fsp3) is 0.333. The van der Waals surface area contributed by atoms with Crippen LogP contribution in [0.3, 0.4) is 0 Å². The first kappa shape index (κ1) is 10.7. The van der Waals surface area contributed by atoms with Crippen LogP contribution < -0.4 is 5.32 Å². The number of rotatable bonds is 4. The Hall–Kier alpha value is -1.84. The standard InChI is InChI=1S/C12H16N4/c1-10-9-13-5-3-11(10)14-6-4-12-15-7-8-16(12)2/h3,5,7-9H,4,6H2,1-2H3,(H,13,14). The zero-order valence-electron chi connectivity index (χ0n) is 9.64. The van der Waals surface area contributed by atoms with Crippen LogP contribution in [0.25, 0.3) is 0 Å². The Bertz CT molecular complexity index is 462. The van der Waals surface area contributed by atoms with Crippen molar-refractivity contribution in [2.75, 3.05) is 11.9 Å². The summed E-state index contributed by atoms with van der Waals surface area (Å²) in [5.74, 6) is 1.10. The zero-order valence-corrected chi connectivity index (χ0v) is 9.64. The molecule has 0 fully saturated rings. The maximum absolute atomic E-state index is 4.28. The van der Waals surface area contributed by atoms with Crippen molar-refractivity contribution in [1.29, 1.82) is 0 Å². The molecule has 0 radical (unpaired) electrons. The Morgan fingerprint density at radius 3 is 2.94 bits per heavy atom. The minimum absolute atomic E-state index is 0.885. The van der Waals surface area contributed by atoms with Crippen LogP contribution in [0, 0.1) is 6.92 Å². The summed E-state index contributed by atoms with van der Waals surface area (Å²) in [6.45, 7) is 2.94. The molecule has 16 heavy (non-hydrogen) atoms. The molecule has 4 nitrogen and oxygen atoms in total. The molecule has 0 unspecified atom stereocenters. The van der Waals surface area contributed by atoms with Crippen LogP contribution in [-0.4, -0.2) is 21.1 Å². The molecule has 0 aliphatic heterocycles. The average Bonchev–Trinajstić information content (AvgIpc) is 2.67. The van der Waals surface area contributed by atoms with Crippen LogP contribution in [0.5, 0.6) is 0 Å². The highest BCUT2D eigenvalue weighted by Gasteiger charge is 2.00. The molecule has 2 aromatic rings. The topological polar surface area (TPSA) is 42.7 Å². The van der Waals surface area contributed by atoms with Crippen LogP contribution in [0.15, 0.2) is 30.9 Å². The van der Waals surface area contributed by atoms with Crippen molar-refractivity contribution >= 4 is 5.69 Å². The predicted octanol–water partition coefficient (Wildman–Crippen LogP) is 1.78. The molecule has 0 saturated heterocycles. The largest absolute Gasteiger partial charge is 0.384 e. The van der Waals surface area contributed by atoms with E-state index >= 15 is 0 Å². The monoisotopic (exact) mass is 216 g/mol. The Morgan fingerprint density at radius 1 is 1.38 bits per heavy atom. The SMILES string of the molecule is Cc1cnccc1NCCc1nccn1C. The molecule has 0 spiro atoms. The third-order valence-corrected chi connectivity index (χ3v) is 2.61. The number of pyridine rings is 1. The summed E-state index contributed by atoms with van der Waals surface area (Å²) in [5.41, 5.74) is 2.31. The maximum Gasteiger partial charge on any atom is 0.110 e. The molecule has 0 saturated carbocycles. The van der Waals surface area contributed by atoms with Gasteiger partial charge < -0.3 is 9.88 Å². The molecule has 0 bridgehead atoms. The smallest absolute Gasteiger partial charge is 0.110 e. The van der Waals surface area contributed by atoms with Gasteiger partial charge in [0.1, 0.15) is 5.82 Å². The van der Waals surface area contributed by atoms with E-state index in [-0.39, 0.29) is 0 Å². The third kappa shape index (κ3) is 2.39. The first-order valence-corrected chi connectivity index (χ1v) is 5.38. The van der Waals surface area contributed by atoms with Gasteiger partial charge in [-0.15, -0.1) is 0 Å². The number of aromatic nitrogens is 3. The number of nitrogens with one attached hydrogen (secondary N) is 1. The van der Waals surface area contributed by atoms with Gasteiger partial charge in [0.15, 0.2) is 0 Å². The van der Waals surface area contributed by atoms with Crippen molar-refractivity contribution in [1.82, 2.24) is 14.5 Å². The van der Waals surface area contributed by atoms with Crippen molar-refractivity contribution in [2.24, 2.45) is 7.05 Å². The van der Waals surface area contributed by atoms with Crippen LogP contribution in [0.2, 0.25) is 0 Å². The molecule has 0 amide bonds. The normalized spacial score (nSPS) is 10.4. The van der Waals surface area contributed by atoms with E-state index in [4.69, 9.17) is 0 Å². The lowest BCUT2D eigenvalue weighted by Crippen LogP contribution is -2.09. The second-order valence-electron chi connectivity index (χ2n) is 3.82. The summed E-state index contributed by atoms with van der Waals surface area (Å²) < 4.78 is 2.04. The fourth-order valence-corrected chi connectivity index (χ4v) is 1.62. The molecular formula is C12H16N4. The molecule has 2 aromatic heterocycles. The molecular weight excluding hydrogens is 200 g/mol. The van der Waals surface area contributed by atoms with Gasteiger partial charge in [0.2, 0.25) is 0 Å². The van der Waals surface area contributed by atoms with E-state index in [2.05, 4.69) is 22.2 Å². The van der Waals surface area contributed by atoms with Gasteiger partial charge in [0.25, 0.3) is 0 Å². The number of nitrogens with zero attached hydrogens (tertiary/aromatic N) is 3. The summed E-state index contributed by atoms with van der Waals surface area (Å²) in [5, 5.41) is 3.39. The van der Waals surface area contributed by atoms with Crippen molar-refractivity contribution in [3.63, 3.8) is 0 Å². The van der Waals surface area contributed by atoms with E-state index in [1.54, 1.807) is 6.20 Å². The Kier molecular flexibility index (Phi) is 3.19. The minimum atomic E-state index is 0.885. The van der Waals surface area contributed by atoms with Crippen molar-refractivity contribution in [2.45, 2.75) is 13.3 Å². The molecule has 0 aliphatic carbocycles. The average molecular weight is 216 g/mol. The maximum atomic E-state index is 4.28. The highest BCUT2D eigenvalue weighted by Crippen LogP contribution is 2.11. The minimum Gasteiger partial charge on any atom is -0.384 e. The van der Waals surface area contributed by atoms with Crippen molar-refractivity contribution < 1.29 is 0 Å². The highest BCUT2D eigenvalue weighted by atomic mass is 15.0. The lowest BCUT2D eigenvalue weighted by atomic mass is 10.2. The Labute approximate surface area is 95.4 Å². The first-order chi connectivity index (χ1) is 7.77. The highest BCUT2D eigenvalue weighted by molar-refractivity contribution is 5.48. The number of hydrogen-bond donors (Lipinski definition) is 1. The molecule has 2 heterocycles. The van der Waals surface area contributed by atoms with Gasteiger partial charge in [-0.1, -0.05) is 0 Å². The first-order valence-electron chi connectivity index (χ1n) is 5.38. The van der Waals surface area contributed by atoms with E-state index in [0.29, 0.717) is 0 Å². The van der Waals surface area contributed by atoms with Gasteiger partial charge in [-0.25, -0.2) is 4.98 Å². The molecule has 2 rings (SSSR count). The van der Waals surface area contributed by atoms with Crippen molar-refractivity contribution in [3.05, 3.63) is 42.2 Å². The van der Waals surface area contributed by atoms with E-state index in [9.17, 15) is 0 Å². The molecule has 1 N–H and O–H groups in total. The quantitative estimate of drug-likeness (QED) is 0.847. The van der Waals surface area contributed by atoms with Gasteiger partial charge in [-0.05, 0) is 18.6 Å². The molecule has 0 aromatic carbocycles. The fourth-order valence-electron chi connectivity index (χ4n) is 1.62. The predicted molar refractivity (Wildman–Crippen MR) is 64.4 cm³/mol. The van der Waals surface area contributed by atoms with E-state index in [1.807, 2.05) is 36.3 Å². The van der Waals surface area contributed by atoms with Gasteiger partial charge >= 0.3 is 0 Å². The number of anilines is 1. The summed E-state index contributed by atoms with van der Waals surface area (Å²) in [6, 6.07) is 1.99. The lowest BCUT2D eigenvalue weighted by Gasteiger charge is -2.08. The van der Waals surface area contributed by atoms with E-state index < -0.39 is 0 Å². The second kappa shape index (κ2) is 4.79. The number of aryl methyl sites for hydroxylation is 2. The van der Waals surface area contributed by atoms with Crippen LogP contribution in [0.4, 0.5) is 5.69 Å². The third-order valence-electron chi connectivity index (χ3n) is 2.61. The van der Waals surface area contributed by atoms with Crippen molar-refractivity contribution in [3.8, 4) is 0 Å². The lowest BCUT2D eigenvalue weighted by molar-refractivity contribution is 0.789. The number of hydrogen-bond acceptors (Lipinski definition) is 3. The van der Waals surface area contributed by atoms with Crippen LogP contribution in [-0.2, 0) is 13.5 Å². The Balaban J connectivity index is 1.89. The van der Waals surface area contributed by atoms with Crippen LogP contribution in [0.1, 0.15) is 11.4 Å². The van der Waals surface area contributed by atoms with Gasteiger partial charge in [0.05, 0.1) is 0 Å². The van der Waals surface area contributed by atoms with Gasteiger partial charge in [-0.3, -0.25) is 4.98 Å². The summed E-state index contributed by atoms with van der Waals surface area (Å²) >= 11 is 0.